The molecular formula is C14H24N4. The Kier molecular flexibility index (Phi) is 4.39. The van der Waals surface area contributed by atoms with Crippen LogP contribution >= 0.6 is 0 Å². The molecule has 0 radical (unpaired) electrons. The molecule has 0 aromatic carbocycles. The van der Waals surface area contributed by atoms with Gasteiger partial charge in [-0.25, -0.2) is 9.97 Å². The summed E-state index contributed by atoms with van der Waals surface area (Å²) in [6.45, 7) is 3.30. The van der Waals surface area contributed by atoms with E-state index in [1.54, 1.807) is 0 Å². The molecular weight excluding hydrogens is 224 g/mol. The first-order valence-electron chi connectivity index (χ1n) is 7.02. The van der Waals surface area contributed by atoms with Gasteiger partial charge in [-0.2, -0.15) is 0 Å². The van der Waals surface area contributed by atoms with Crippen molar-refractivity contribution in [3.05, 3.63) is 11.9 Å². The maximum Gasteiger partial charge on any atom is 0.136 e. The van der Waals surface area contributed by atoms with Gasteiger partial charge in [0.05, 0.1) is 0 Å². The van der Waals surface area contributed by atoms with Crippen LogP contribution in [-0.4, -0.2) is 30.6 Å². The van der Waals surface area contributed by atoms with Crippen LogP contribution in [0.5, 0.6) is 0 Å². The second-order valence-corrected chi connectivity index (χ2v) is 5.12. The summed E-state index contributed by atoms with van der Waals surface area (Å²) in [5.74, 6) is 3.59. The number of hydrogen-bond acceptors (Lipinski definition) is 4. The monoisotopic (exact) mass is 248 g/mol. The number of rotatable bonds is 7. The van der Waals surface area contributed by atoms with Gasteiger partial charge in [0.2, 0.25) is 0 Å². The van der Waals surface area contributed by atoms with E-state index in [2.05, 4.69) is 29.2 Å². The Bertz CT molecular complexity index is 387. The average molecular weight is 248 g/mol. The zero-order chi connectivity index (χ0) is 13.0. The Morgan fingerprint density at radius 2 is 2.11 bits per heavy atom. The van der Waals surface area contributed by atoms with Crippen molar-refractivity contribution in [3.8, 4) is 0 Å². The van der Waals surface area contributed by atoms with Gasteiger partial charge in [-0.1, -0.05) is 19.8 Å². The third-order valence-corrected chi connectivity index (χ3v) is 3.42. The van der Waals surface area contributed by atoms with Crippen LogP contribution in [0.1, 0.15) is 50.8 Å². The molecule has 100 valence electrons. The van der Waals surface area contributed by atoms with Crippen molar-refractivity contribution >= 4 is 11.6 Å². The second kappa shape index (κ2) is 6.03. The molecule has 0 saturated heterocycles. The van der Waals surface area contributed by atoms with Crippen molar-refractivity contribution in [2.45, 2.75) is 44.9 Å². The van der Waals surface area contributed by atoms with Crippen molar-refractivity contribution in [3.63, 3.8) is 0 Å². The number of anilines is 2. The molecule has 0 unspecified atom stereocenters. The summed E-state index contributed by atoms with van der Waals surface area (Å²) in [7, 11) is 4.04. The van der Waals surface area contributed by atoms with E-state index < -0.39 is 0 Å². The second-order valence-electron chi connectivity index (χ2n) is 5.12. The van der Waals surface area contributed by atoms with Crippen molar-refractivity contribution in [1.29, 1.82) is 0 Å². The fraction of sp³-hybridized carbons (Fsp3) is 0.714. The maximum atomic E-state index is 4.70. The summed E-state index contributed by atoms with van der Waals surface area (Å²) in [4.78, 5) is 11.5. The van der Waals surface area contributed by atoms with Crippen LogP contribution < -0.4 is 10.2 Å². The molecule has 0 aliphatic heterocycles. The molecule has 4 nitrogen and oxygen atoms in total. The fourth-order valence-corrected chi connectivity index (χ4v) is 2.01. The molecule has 18 heavy (non-hydrogen) atoms. The number of nitrogens with one attached hydrogen (secondary N) is 1. The van der Waals surface area contributed by atoms with Gasteiger partial charge in [0, 0.05) is 32.6 Å². The molecule has 4 heteroatoms. The zero-order valence-corrected chi connectivity index (χ0v) is 11.7. The molecule has 1 aromatic heterocycles. The first kappa shape index (κ1) is 13.1. The Labute approximate surface area is 110 Å². The lowest BCUT2D eigenvalue weighted by atomic mass is 10.2. The molecule has 1 saturated carbocycles. The van der Waals surface area contributed by atoms with Crippen LogP contribution in [0.4, 0.5) is 11.6 Å². The minimum Gasteiger partial charge on any atom is -0.373 e. The minimum absolute atomic E-state index is 0.598. The number of aromatic nitrogens is 2. The maximum absolute atomic E-state index is 4.70. The standard InChI is InChI=1S/C14H24N4/c1-4-5-6-9-18(3)13-10-12(15-2)16-14(17-13)11-7-8-11/h10-11H,4-9H2,1-3H3,(H,15,16,17). The van der Waals surface area contributed by atoms with E-state index >= 15 is 0 Å². The molecule has 1 heterocycles. The normalized spacial score (nSPS) is 14.6. The fourth-order valence-electron chi connectivity index (χ4n) is 2.01. The predicted octanol–water partition coefficient (Wildman–Crippen LogP) is 3.02. The largest absolute Gasteiger partial charge is 0.373 e. The number of nitrogens with zero attached hydrogens (tertiary/aromatic N) is 3. The van der Waals surface area contributed by atoms with Gasteiger partial charge >= 0.3 is 0 Å². The summed E-state index contributed by atoms with van der Waals surface area (Å²) in [5.41, 5.74) is 0. The number of unbranched alkanes of at least 4 members (excludes halogenated alkanes) is 2. The van der Waals surface area contributed by atoms with E-state index in [0.29, 0.717) is 5.92 Å². The third kappa shape index (κ3) is 3.34. The molecule has 0 bridgehead atoms. The van der Waals surface area contributed by atoms with E-state index in [1.165, 1.54) is 32.1 Å². The summed E-state index contributed by atoms with van der Waals surface area (Å²) in [6.07, 6.45) is 6.25. The van der Waals surface area contributed by atoms with Gasteiger partial charge in [-0.15, -0.1) is 0 Å². The summed E-state index contributed by atoms with van der Waals surface area (Å²) < 4.78 is 0. The van der Waals surface area contributed by atoms with Crippen LogP contribution in [0.3, 0.4) is 0 Å². The summed E-state index contributed by atoms with van der Waals surface area (Å²) in [6, 6.07) is 2.04. The highest BCUT2D eigenvalue weighted by Gasteiger charge is 2.27. The summed E-state index contributed by atoms with van der Waals surface area (Å²) >= 11 is 0. The molecule has 1 N–H and O–H groups in total. The third-order valence-electron chi connectivity index (χ3n) is 3.42. The van der Waals surface area contributed by atoms with Crippen LogP contribution in [-0.2, 0) is 0 Å². The van der Waals surface area contributed by atoms with Gasteiger partial charge in [0.25, 0.3) is 0 Å². The highest BCUT2D eigenvalue weighted by atomic mass is 15.2. The molecule has 0 amide bonds. The van der Waals surface area contributed by atoms with Gasteiger partial charge in [-0.3, -0.25) is 0 Å². The summed E-state index contributed by atoms with van der Waals surface area (Å²) in [5, 5.41) is 3.13. The Balaban J connectivity index is 2.07. The topological polar surface area (TPSA) is 41.0 Å². The first-order valence-corrected chi connectivity index (χ1v) is 7.02. The van der Waals surface area contributed by atoms with E-state index in [9.17, 15) is 0 Å². The van der Waals surface area contributed by atoms with Gasteiger partial charge in [-0.05, 0) is 19.3 Å². The van der Waals surface area contributed by atoms with Crippen LogP contribution in [0, 0.1) is 0 Å². The first-order chi connectivity index (χ1) is 8.74. The predicted molar refractivity (Wildman–Crippen MR) is 76.3 cm³/mol. The van der Waals surface area contributed by atoms with E-state index in [1.807, 2.05) is 13.1 Å². The van der Waals surface area contributed by atoms with Crippen LogP contribution in [0.2, 0.25) is 0 Å². The van der Waals surface area contributed by atoms with E-state index in [0.717, 1.165) is 24.0 Å². The molecule has 0 atom stereocenters. The lowest BCUT2D eigenvalue weighted by Gasteiger charge is -2.19. The van der Waals surface area contributed by atoms with Gasteiger partial charge in [0.15, 0.2) is 0 Å². The van der Waals surface area contributed by atoms with E-state index in [4.69, 9.17) is 4.98 Å². The lowest BCUT2D eigenvalue weighted by molar-refractivity contribution is 0.699. The van der Waals surface area contributed by atoms with Crippen molar-refractivity contribution in [1.82, 2.24) is 9.97 Å². The lowest BCUT2D eigenvalue weighted by Crippen LogP contribution is -2.20. The van der Waals surface area contributed by atoms with Gasteiger partial charge in [0.1, 0.15) is 17.5 Å². The quantitative estimate of drug-likeness (QED) is 0.753. The molecule has 1 aromatic rings. The molecule has 1 aliphatic rings. The van der Waals surface area contributed by atoms with Gasteiger partial charge < -0.3 is 10.2 Å². The highest BCUT2D eigenvalue weighted by molar-refractivity contribution is 5.49. The Morgan fingerprint density at radius 1 is 1.33 bits per heavy atom. The minimum atomic E-state index is 0.598. The highest BCUT2D eigenvalue weighted by Crippen LogP contribution is 2.39. The van der Waals surface area contributed by atoms with Crippen molar-refractivity contribution in [2.24, 2.45) is 0 Å². The Morgan fingerprint density at radius 3 is 2.72 bits per heavy atom. The Hall–Kier alpha value is -1.32. The smallest absolute Gasteiger partial charge is 0.136 e. The molecule has 2 rings (SSSR count). The van der Waals surface area contributed by atoms with Crippen LogP contribution in [0.15, 0.2) is 6.07 Å². The van der Waals surface area contributed by atoms with Crippen molar-refractivity contribution in [2.75, 3.05) is 30.9 Å². The zero-order valence-electron chi connectivity index (χ0n) is 11.7. The van der Waals surface area contributed by atoms with Crippen LogP contribution in [0.25, 0.3) is 0 Å². The molecule has 1 aliphatic carbocycles. The average Bonchev–Trinajstić information content (AvgIpc) is 3.22. The molecule has 0 spiro atoms. The number of hydrogen-bond donors (Lipinski definition) is 1. The SMILES string of the molecule is CCCCCN(C)c1cc(NC)nc(C2CC2)n1. The molecule has 1 fully saturated rings. The van der Waals surface area contributed by atoms with Crippen molar-refractivity contribution < 1.29 is 0 Å². The van der Waals surface area contributed by atoms with E-state index in [-0.39, 0.29) is 0 Å².